The van der Waals surface area contributed by atoms with E-state index in [0.29, 0.717) is 11.0 Å². The van der Waals surface area contributed by atoms with E-state index in [0.717, 1.165) is 0 Å². The van der Waals surface area contributed by atoms with E-state index in [9.17, 15) is 0 Å². The highest BCUT2D eigenvalue weighted by Crippen LogP contribution is 2.25. The molecule has 0 saturated carbocycles. The van der Waals surface area contributed by atoms with E-state index in [-0.39, 0.29) is 0 Å². The summed E-state index contributed by atoms with van der Waals surface area (Å²) in [5, 5.41) is 0. The van der Waals surface area contributed by atoms with Gasteiger partial charge in [0.1, 0.15) is 0 Å². The van der Waals surface area contributed by atoms with E-state index in [2.05, 4.69) is 39.3 Å². The van der Waals surface area contributed by atoms with Gasteiger partial charge in [-0.15, -0.1) is 23.2 Å². The van der Waals surface area contributed by atoms with Gasteiger partial charge in [-0.1, -0.05) is 0 Å². The van der Waals surface area contributed by atoms with Gasteiger partial charge in [-0.05, 0) is 52.4 Å². The van der Waals surface area contributed by atoms with E-state index in [4.69, 9.17) is 35.5 Å². The van der Waals surface area contributed by atoms with Gasteiger partial charge in [-0.25, -0.2) is 0 Å². The van der Waals surface area contributed by atoms with Crippen molar-refractivity contribution in [2.45, 2.75) is 52.4 Å². The van der Waals surface area contributed by atoms with Crippen LogP contribution in [0, 0.1) is 0 Å². The summed E-state index contributed by atoms with van der Waals surface area (Å²) in [6.45, 7) is 16.9. The SMILES string of the molecule is C[Si](C)(C)O[Si](C)(CCl)O[Si](C)(CCl)O[Si](C)(C)C. The molecule has 0 aliphatic heterocycles. The lowest BCUT2D eigenvalue weighted by atomic mass is 11.8. The molecule has 0 rings (SSSR count). The van der Waals surface area contributed by atoms with Crippen LogP contribution in [0.2, 0.25) is 52.4 Å². The van der Waals surface area contributed by atoms with Gasteiger partial charge in [0.2, 0.25) is 0 Å². The van der Waals surface area contributed by atoms with Crippen molar-refractivity contribution in [3.63, 3.8) is 0 Å². The highest BCUT2D eigenvalue weighted by molar-refractivity contribution is 6.93. The zero-order chi connectivity index (χ0) is 15.5. The minimum Gasteiger partial charge on any atom is -0.436 e. The molecule has 116 valence electrons. The third-order valence-corrected chi connectivity index (χ3v) is 17.7. The van der Waals surface area contributed by atoms with Gasteiger partial charge < -0.3 is 12.3 Å². The Morgan fingerprint density at radius 3 is 1.00 bits per heavy atom. The van der Waals surface area contributed by atoms with E-state index in [1.54, 1.807) is 0 Å². The van der Waals surface area contributed by atoms with Crippen LogP contribution >= 0.6 is 23.2 Å². The largest absolute Gasteiger partial charge is 0.436 e. The standard InChI is InChI=1S/C10H28Cl2O3Si4/c1-16(2,3)13-18(7,9-11)15-19(8,10-12)14-17(4,5)6/h9-10H2,1-8H3. The van der Waals surface area contributed by atoms with Crippen molar-refractivity contribution < 1.29 is 12.3 Å². The van der Waals surface area contributed by atoms with Crippen LogP contribution in [-0.4, -0.2) is 44.8 Å². The zero-order valence-electron chi connectivity index (χ0n) is 13.4. The van der Waals surface area contributed by atoms with Crippen LogP contribution in [-0.2, 0) is 12.3 Å². The second kappa shape index (κ2) is 7.06. The molecule has 0 radical (unpaired) electrons. The molecule has 9 heteroatoms. The Morgan fingerprint density at radius 2 is 0.842 bits per heavy atom. The summed E-state index contributed by atoms with van der Waals surface area (Å²) in [6.07, 6.45) is 0. The average Bonchev–Trinajstić information content (AvgIpc) is 2.11. The Kier molecular flexibility index (Phi) is 7.55. The Hall–Kier alpha value is 1.33. The van der Waals surface area contributed by atoms with Crippen LogP contribution in [0.1, 0.15) is 0 Å². The predicted octanol–water partition coefficient (Wildman–Crippen LogP) is 4.41. The van der Waals surface area contributed by atoms with Crippen molar-refractivity contribution in [1.82, 2.24) is 0 Å². The van der Waals surface area contributed by atoms with Crippen molar-refractivity contribution in [3.8, 4) is 0 Å². The fourth-order valence-electron chi connectivity index (χ4n) is 1.90. The third-order valence-electron chi connectivity index (χ3n) is 1.96. The smallest absolute Gasteiger partial charge is 0.331 e. The molecule has 0 saturated heterocycles. The van der Waals surface area contributed by atoms with Gasteiger partial charge in [0.05, 0.1) is 11.0 Å². The van der Waals surface area contributed by atoms with Crippen LogP contribution in [0.4, 0.5) is 0 Å². The highest BCUT2D eigenvalue weighted by Gasteiger charge is 2.46. The summed E-state index contributed by atoms with van der Waals surface area (Å²) in [4.78, 5) is 0. The summed E-state index contributed by atoms with van der Waals surface area (Å²) in [6, 6.07) is 0. The molecule has 0 N–H and O–H groups in total. The molecule has 0 aromatic carbocycles. The fourth-order valence-corrected chi connectivity index (χ4v) is 19.8. The first-order chi connectivity index (χ1) is 8.24. The van der Waals surface area contributed by atoms with Gasteiger partial charge in [-0.3, -0.25) is 0 Å². The quantitative estimate of drug-likeness (QED) is 0.462. The second-order valence-electron chi connectivity index (χ2n) is 7.07. The van der Waals surface area contributed by atoms with Crippen molar-refractivity contribution in [1.29, 1.82) is 0 Å². The summed E-state index contributed by atoms with van der Waals surface area (Å²) in [5.41, 5.74) is 0.817. The lowest BCUT2D eigenvalue weighted by Crippen LogP contribution is -2.60. The fraction of sp³-hybridized carbons (Fsp3) is 1.00. The minimum atomic E-state index is -2.41. The van der Waals surface area contributed by atoms with Gasteiger partial charge in [0.25, 0.3) is 0 Å². The lowest BCUT2D eigenvalue weighted by Gasteiger charge is -2.41. The topological polar surface area (TPSA) is 27.7 Å². The maximum absolute atomic E-state index is 6.31. The van der Waals surface area contributed by atoms with Crippen molar-refractivity contribution >= 4 is 57.0 Å². The molecule has 0 aromatic heterocycles. The maximum atomic E-state index is 6.31. The third kappa shape index (κ3) is 9.05. The van der Waals surface area contributed by atoms with Crippen LogP contribution in [0.3, 0.4) is 0 Å². The van der Waals surface area contributed by atoms with Gasteiger partial charge in [-0.2, -0.15) is 0 Å². The number of alkyl halides is 2. The molecule has 0 spiro atoms. The van der Waals surface area contributed by atoms with Crippen molar-refractivity contribution in [3.05, 3.63) is 0 Å². The van der Waals surface area contributed by atoms with E-state index < -0.39 is 33.8 Å². The Bertz CT molecular complexity index is 267. The molecule has 0 aromatic rings. The monoisotopic (exact) mass is 378 g/mol. The molecule has 0 fully saturated rings. The van der Waals surface area contributed by atoms with E-state index in [1.165, 1.54) is 0 Å². The normalized spacial score (nSPS) is 19.9. The van der Waals surface area contributed by atoms with E-state index >= 15 is 0 Å². The first kappa shape index (κ1) is 20.3. The number of halogens is 2. The number of hydrogen-bond acceptors (Lipinski definition) is 3. The van der Waals surface area contributed by atoms with Gasteiger partial charge in [0, 0.05) is 0 Å². The van der Waals surface area contributed by atoms with Crippen LogP contribution in [0.15, 0.2) is 0 Å². The molecule has 0 amide bonds. The van der Waals surface area contributed by atoms with E-state index in [1.807, 2.05) is 13.1 Å². The summed E-state index contributed by atoms with van der Waals surface area (Å²) in [5.74, 6) is 0. The Morgan fingerprint density at radius 1 is 0.579 bits per heavy atom. The first-order valence-electron chi connectivity index (χ1n) is 6.47. The van der Waals surface area contributed by atoms with Crippen LogP contribution < -0.4 is 0 Å². The summed E-state index contributed by atoms with van der Waals surface area (Å²) < 4.78 is 18.8. The Labute approximate surface area is 132 Å². The Balaban J connectivity index is 5.00. The van der Waals surface area contributed by atoms with Crippen molar-refractivity contribution in [2.75, 3.05) is 11.0 Å². The van der Waals surface area contributed by atoms with Crippen molar-refractivity contribution in [2.24, 2.45) is 0 Å². The molecule has 0 aliphatic carbocycles. The minimum absolute atomic E-state index is 0.409. The molecule has 2 atom stereocenters. The molecule has 0 aliphatic rings. The molecule has 0 heterocycles. The number of rotatable bonds is 8. The predicted molar refractivity (Wildman–Crippen MR) is 94.6 cm³/mol. The molecular weight excluding hydrogens is 351 g/mol. The molecule has 3 nitrogen and oxygen atoms in total. The molecule has 19 heavy (non-hydrogen) atoms. The molecule has 0 bridgehead atoms. The highest BCUT2D eigenvalue weighted by atomic mass is 35.5. The second-order valence-corrected chi connectivity index (χ2v) is 24.6. The molecular formula is C10H28Cl2O3Si4. The van der Waals surface area contributed by atoms with Crippen LogP contribution in [0.5, 0.6) is 0 Å². The van der Waals surface area contributed by atoms with Gasteiger partial charge in [0.15, 0.2) is 16.6 Å². The zero-order valence-corrected chi connectivity index (χ0v) is 18.9. The lowest BCUT2D eigenvalue weighted by molar-refractivity contribution is 0.328. The van der Waals surface area contributed by atoms with Gasteiger partial charge >= 0.3 is 17.1 Å². The number of hydrogen-bond donors (Lipinski definition) is 0. The summed E-state index contributed by atoms with van der Waals surface area (Å²) >= 11 is 12.2. The average molecular weight is 380 g/mol. The van der Waals surface area contributed by atoms with Crippen LogP contribution in [0.25, 0.3) is 0 Å². The maximum Gasteiger partial charge on any atom is 0.331 e. The first-order valence-corrected chi connectivity index (χ1v) is 19.4. The summed E-state index contributed by atoms with van der Waals surface area (Å²) in [7, 11) is -8.22. The molecule has 2 unspecified atom stereocenters.